The number of carbonyl (C=O) groups excluding carboxylic acids is 2. The zero-order chi connectivity index (χ0) is 19.1. The zero-order valence-electron chi connectivity index (χ0n) is 15.1. The standard InChI is InChI=1S/C20H22N2O4S/c1-2-25-18(23)14-21-20(24)22-11-12-27-19(22)15-7-6-10-17(13-15)26-16-8-4-3-5-9-16/h3-10,13,19H,2,11-12,14H2,1H3,(H,21,24). The fraction of sp³-hybridized carbons (Fsp3) is 0.300. The molecule has 2 aromatic carbocycles. The third-order valence-electron chi connectivity index (χ3n) is 3.96. The highest BCUT2D eigenvalue weighted by molar-refractivity contribution is 7.99. The summed E-state index contributed by atoms with van der Waals surface area (Å²) < 4.78 is 10.7. The van der Waals surface area contributed by atoms with Crippen molar-refractivity contribution in [3.05, 3.63) is 60.2 Å². The fourth-order valence-corrected chi connectivity index (χ4v) is 4.02. The molecule has 0 radical (unpaired) electrons. The summed E-state index contributed by atoms with van der Waals surface area (Å²) >= 11 is 1.68. The number of hydrogen-bond donors (Lipinski definition) is 1. The SMILES string of the molecule is CCOC(=O)CNC(=O)N1CCSC1c1cccc(Oc2ccccc2)c1. The van der Waals surface area contributed by atoms with Crippen LogP contribution >= 0.6 is 11.8 Å². The molecular weight excluding hydrogens is 364 g/mol. The minimum Gasteiger partial charge on any atom is -0.465 e. The fourth-order valence-electron chi connectivity index (χ4n) is 2.77. The molecule has 6 nitrogen and oxygen atoms in total. The van der Waals surface area contributed by atoms with Gasteiger partial charge >= 0.3 is 12.0 Å². The maximum atomic E-state index is 12.5. The lowest BCUT2D eigenvalue weighted by molar-refractivity contribution is -0.141. The first-order valence-electron chi connectivity index (χ1n) is 8.82. The first kappa shape index (κ1) is 19.1. The minimum absolute atomic E-state index is 0.119. The third kappa shape index (κ3) is 5.17. The summed E-state index contributed by atoms with van der Waals surface area (Å²) in [6.45, 7) is 2.52. The van der Waals surface area contributed by atoms with Gasteiger partial charge in [-0.25, -0.2) is 4.79 Å². The van der Waals surface area contributed by atoms with Gasteiger partial charge in [-0.3, -0.25) is 4.79 Å². The Morgan fingerprint density at radius 3 is 2.70 bits per heavy atom. The Hall–Kier alpha value is -2.67. The van der Waals surface area contributed by atoms with E-state index in [0.717, 1.165) is 22.8 Å². The van der Waals surface area contributed by atoms with Crippen LogP contribution in [0.1, 0.15) is 17.9 Å². The van der Waals surface area contributed by atoms with Crippen molar-refractivity contribution in [1.29, 1.82) is 0 Å². The molecule has 7 heteroatoms. The predicted molar refractivity (Wildman–Crippen MR) is 105 cm³/mol. The van der Waals surface area contributed by atoms with E-state index >= 15 is 0 Å². The number of ether oxygens (including phenoxy) is 2. The molecule has 1 aliphatic heterocycles. The number of hydrogen-bond acceptors (Lipinski definition) is 5. The van der Waals surface area contributed by atoms with Crippen molar-refractivity contribution in [2.45, 2.75) is 12.3 Å². The minimum atomic E-state index is -0.437. The number of esters is 1. The molecule has 0 spiro atoms. The van der Waals surface area contributed by atoms with Crippen LogP contribution in [0.4, 0.5) is 4.79 Å². The number of carbonyl (C=O) groups is 2. The lowest BCUT2D eigenvalue weighted by atomic mass is 10.2. The second-order valence-electron chi connectivity index (χ2n) is 5.87. The van der Waals surface area contributed by atoms with Gasteiger partial charge in [0.1, 0.15) is 23.4 Å². The summed E-state index contributed by atoms with van der Waals surface area (Å²) in [5.41, 5.74) is 0.984. The predicted octanol–water partition coefficient (Wildman–Crippen LogP) is 3.80. The highest BCUT2D eigenvalue weighted by atomic mass is 32.2. The topological polar surface area (TPSA) is 67.9 Å². The van der Waals surface area contributed by atoms with Crippen molar-refractivity contribution in [3.8, 4) is 11.5 Å². The quantitative estimate of drug-likeness (QED) is 0.765. The van der Waals surface area contributed by atoms with Crippen LogP contribution in [0.2, 0.25) is 0 Å². The highest BCUT2D eigenvalue weighted by Crippen LogP contribution is 2.39. The Labute approximate surface area is 162 Å². The molecule has 1 aliphatic rings. The number of nitrogens with zero attached hydrogens (tertiary/aromatic N) is 1. The van der Waals surface area contributed by atoms with Crippen molar-refractivity contribution in [1.82, 2.24) is 10.2 Å². The number of benzene rings is 2. The highest BCUT2D eigenvalue weighted by Gasteiger charge is 2.31. The van der Waals surface area contributed by atoms with Gasteiger partial charge in [0.05, 0.1) is 6.61 Å². The molecule has 1 atom stereocenters. The number of nitrogens with one attached hydrogen (secondary N) is 1. The third-order valence-corrected chi connectivity index (χ3v) is 5.22. The van der Waals surface area contributed by atoms with E-state index in [4.69, 9.17) is 9.47 Å². The van der Waals surface area contributed by atoms with Gasteiger partial charge in [-0.15, -0.1) is 11.8 Å². The van der Waals surface area contributed by atoms with Gasteiger partial charge in [-0.1, -0.05) is 30.3 Å². The normalized spacial score (nSPS) is 16.0. The van der Waals surface area contributed by atoms with Crippen molar-refractivity contribution in [2.24, 2.45) is 0 Å². The second-order valence-corrected chi connectivity index (χ2v) is 7.06. The van der Waals surface area contributed by atoms with Gasteiger partial charge in [0.2, 0.25) is 0 Å². The van der Waals surface area contributed by atoms with Crippen LogP contribution < -0.4 is 10.1 Å². The molecule has 2 amide bonds. The number of para-hydroxylation sites is 1. The van der Waals surface area contributed by atoms with E-state index in [0.29, 0.717) is 13.2 Å². The van der Waals surface area contributed by atoms with Gasteiger partial charge in [-0.05, 0) is 36.8 Å². The molecule has 1 heterocycles. The molecule has 1 saturated heterocycles. The average Bonchev–Trinajstić information content (AvgIpc) is 3.17. The van der Waals surface area contributed by atoms with Gasteiger partial charge in [-0.2, -0.15) is 0 Å². The number of amides is 2. The van der Waals surface area contributed by atoms with Crippen LogP contribution in [0.25, 0.3) is 0 Å². The summed E-state index contributed by atoms with van der Waals surface area (Å²) in [6.07, 6.45) is 0. The molecule has 142 valence electrons. The molecule has 2 aromatic rings. The second kappa shape index (κ2) is 9.32. The summed E-state index contributed by atoms with van der Waals surface area (Å²) in [7, 11) is 0. The van der Waals surface area contributed by atoms with Gasteiger partial charge < -0.3 is 19.7 Å². The molecule has 0 aromatic heterocycles. The smallest absolute Gasteiger partial charge is 0.325 e. The van der Waals surface area contributed by atoms with Crippen molar-refractivity contribution >= 4 is 23.8 Å². The largest absolute Gasteiger partial charge is 0.465 e. The van der Waals surface area contributed by atoms with Crippen LogP contribution in [-0.4, -0.2) is 42.3 Å². The van der Waals surface area contributed by atoms with Crippen molar-refractivity contribution < 1.29 is 19.1 Å². The molecule has 0 aliphatic carbocycles. The molecule has 1 fully saturated rings. The van der Waals surface area contributed by atoms with E-state index in [-0.39, 0.29) is 17.9 Å². The van der Waals surface area contributed by atoms with Gasteiger partial charge in [0, 0.05) is 12.3 Å². The Kier molecular flexibility index (Phi) is 6.59. The summed E-state index contributed by atoms with van der Waals surface area (Å²) in [5.74, 6) is 1.88. The van der Waals surface area contributed by atoms with Crippen LogP contribution in [0, 0.1) is 0 Å². The molecule has 0 bridgehead atoms. The number of thioether (sulfide) groups is 1. The zero-order valence-corrected chi connectivity index (χ0v) is 15.9. The Morgan fingerprint density at radius 1 is 1.15 bits per heavy atom. The van der Waals surface area contributed by atoms with E-state index in [2.05, 4.69) is 5.32 Å². The van der Waals surface area contributed by atoms with E-state index in [9.17, 15) is 9.59 Å². The van der Waals surface area contributed by atoms with E-state index in [1.807, 2.05) is 54.6 Å². The molecule has 0 saturated carbocycles. The van der Waals surface area contributed by atoms with Gasteiger partial charge in [0.15, 0.2) is 0 Å². The lowest BCUT2D eigenvalue weighted by Gasteiger charge is -2.24. The first-order chi connectivity index (χ1) is 13.2. The monoisotopic (exact) mass is 386 g/mol. The van der Waals surface area contributed by atoms with Crippen molar-refractivity contribution in [3.63, 3.8) is 0 Å². The maximum Gasteiger partial charge on any atom is 0.325 e. The number of urea groups is 1. The van der Waals surface area contributed by atoms with E-state index in [1.54, 1.807) is 23.6 Å². The maximum absolute atomic E-state index is 12.5. The Balaban J connectivity index is 1.66. The summed E-state index contributed by atoms with van der Waals surface area (Å²) in [5, 5.41) is 2.51. The van der Waals surface area contributed by atoms with Gasteiger partial charge in [0.25, 0.3) is 0 Å². The van der Waals surface area contributed by atoms with Crippen LogP contribution in [0.15, 0.2) is 54.6 Å². The molecule has 3 rings (SSSR count). The van der Waals surface area contributed by atoms with Crippen LogP contribution in [-0.2, 0) is 9.53 Å². The first-order valence-corrected chi connectivity index (χ1v) is 9.87. The van der Waals surface area contributed by atoms with Crippen molar-refractivity contribution in [2.75, 3.05) is 25.4 Å². The average molecular weight is 386 g/mol. The summed E-state index contributed by atoms with van der Waals surface area (Å²) in [6, 6.07) is 17.0. The summed E-state index contributed by atoms with van der Waals surface area (Å²) in [4.78, 5) is 25.7. The number of rotatable bonds is 6. The Morgan fingerprint density at radius 2 is 1.93 bits per heavy atom. The molecular formula is C20H22N2O4S. The molecule has 1 unspecified atom stereocenters. The lowest BCUT2D eigenvalue weighted by Crippen LogP contribution is -2.41. The van der Waals surface area contributed by atoms with Crippen LogP contribution in [0.3, 0.4) is 0 Å². The van der Waals surface area contributed by atoms with E-state index < -0.39 is 5.97 Å². The molecule has 1 N–H and O–H groups in total. The molecule has 27 heavy (non-hydrogen) atoms. The van der Waals surface area contributed by atoms with E-state index in [1.165, 1.54) is 0 Å². The Bertz CT molecular complexity index is 785. The van der Waals surface area contributed by atoms with Crippen LogP contribution in [0.5, 0.6) is 11.5 Å².